The van der Waals surface area contributed by atoms with E-state index in [0.29, 0.717) is 37.4 Å². The van der Waals surface area contributed by atoms with Crippen molar-refractivity contribution in [3.63, 3.8) is 0 Å². The van der Waals surface area contributed by atoms with Crippen molar-refractivity contribution >= 4 is 30.1 Å². The highest BCUT2D eigenvalue weighted by Gasteiger charge is 2.35. The largest absolute Gasteiger partial charge is 0.483 e. The lowest BCUT2D eigenvalue weighted by Crippen LogP contribution is -2.35. The van der Waals surface area contributed by atoms with E-state index in [1.807, 2.05) is 7.05 Å². The molecule has 0 bridgehead atoms. The van der Waals surface area contributed by atoms with Crippen molar-refractivity contribution in [3.8, 4) is 5.88 Å². The summed E-state index contributed by atoms with van der Waals surface area (Å²) in [6.45, 7) is 2.34. The molecule has 2 atom stereocenters. The maximum absolute atomic E-state index is 14.4. The number of likely N-dealkylation sites (N-methyl/N-ethyl adjacent to an activating group) is 1. The van der Waals surface area contributed by atoms with Gasteiger partial charge in [0.1, 0.15) is 11.9 Å². The molecule has 2 aromatic rings. The van der Waals surface area contributed by atoms with Crippen molar-refractivity contribution in [3.05, 3.63) is 35.0 Å². The van der Waals surface area contributed by atoms with Gasteiger partial charge in [-0.25, -0.2) is 19.2 Å². The highest BCUT2D eigenvalue weighted by atomic mass is 19.1. The van der Waals surface area contributed by atoms with Crippen molar-refractivity contribution in [2.24, 2.45) is 0 Å². The topological polar surface area (TPSA) is 147 Å². The predicted octanol–water partition coefficient (Wildman–Crippen LogP) is 1.17. The van der Waals surface area contributed by atoms with Crippen molar-refractivity contribution < 1.29 is 33.4 Å². The second-order valence-corrected chi connectivity index (χ2v) is 8.43. The van der Waals surface area contributed by atoms with Crippen molar-refractivity contribution in [1.29, 1.82) is 0 Å². The summed E-state index contributed by atoms with van der Waals surface area (Å²) in [6.07, 6.45) is 4.41. The number of halogens is 1. The number of rotatable bonds is 5. The number of ether oxygens (including phenoxy) is 2. The number of aromatic nitrogens is 3. The van der Waals surface area contributed by atoms with Gasteiger partial charge in [0, 0.05) is 18.8 Å². The number of carbonyl (C=O) groups is 3. The highest BCUT2D eigenvalue weighted by Crippen LogP contribution is 2.30. The molecule has 1 aliphatic carbocycles. The summed E-state index contributed by atoms with van der Waals surface area (Å²) in [5, 5.41) is 9.47. The van der Waals surface area contributed by atoms with Crippen LogP contribution in [0.5, 0.6) is 5.88 Å². The Labute approximate surface area is 200 Å². The lowest BCUT2D eigenvalue weighted by molar-refractivity contribution is -0.123. The number of pyridine rings is 1. The minimum atomic E-state index is -0.508. The van der Waals surface area contributed by atoms with E-state index in [1.165, 1.54) is 11.1 Å². The van der Waals surface area contributed by atoms with E-state index < -0.39 is 6.09 Å². The predicted molar refractivity (Wildman–Crippen MR) is 120 cm³/mol. The van der Waals surface area contributed by atoms with Gasteiger partial charge >= 0.3 is 6.09 Å². The quantitative estimate of drug-likeness (QED) is 0.588. The van der Waals surface area contributed by atoms with Crippen molar-refractivity contribution in [2.75, 3.05) is 37.0 Å². The van der Waals surface area contributed by atoms with Crippen LogP contribution in [0.15, 0.2) is 12.4 Å². The lowest BCUT2D eigenvalue weighted by Gasteiger charge is -2.24. The Bertz CT molecular complexity index is 1150. The van der Waals surface area contributed by atoms with E-state index in [1.54, 1.807) is 13.1 Å². The van der Waals surface area contributed by atoms with Crippen LogP contribution in [0, 0.1) is 12.7 Å². The van der Waals surface area contributed by atoms with Crippen LogP contribution < -0.4 is 15.0 Å². The van der Waals surface area contributed by atoms with Crippen molar-refractivity contribution in [2.45, 2.75) is 38.3 Å². The van der Waals surface area contributed by atoms with E-state index in [9.17, 15) is 14.0 Å². The molecule has 1 saturated heterocycles. The molecule has 0 aromatic carbocycles. The zero-order valence-corrected chi connectivity index (χ0v) is 19.2. The fourth-order valence-corrected chi connectivity index (χ4v) is 4.32. The summed E-state index contributed by atoms with van der Waals surface area (Å²) < 4.78 is 25.1. The molecule has 186 valence electrons. The Morgan fingerprint density at radius 3 is 2.86 bits per heavy atom. The third-order valence-corrected chi connectivity index (χ3v) is 6.18. The average molecular weight is 488 g/mol. The van der Waals surface area contributed by atoms with Crippen LogP contribution in [-0.2, 0) is 27.2 Å². The third kappa shape index (κ3) is 5.14. The van der Waals surface area contributed by atoms with Crippen LogP contribution in [0.25, 0.3) is 0 Å². The molecule has 12 nitrogen and oxygen atoms in total. The molecule has 1 unspecified atom stereocenters. The van der Waals surface area contributed by atoms with E-state index in [4.69, 9.17) is 19.4 Å². The Kier molecular flexibility index (Phi) is 7.05. The number of anilines is 2. The minimum absolute atomic E-state index is 0.114. The molecule has 4 heterocycles. The number of carboxylic acid groups (broad SMARTS) is 1. The standard InChI is InChI=1S/C21H23FN6O4.CH2O2/c1-11-18(22)15-6-13(5-12(15)7-23-11)27(2)4-3-14-9-28(21(30)32-14)16-8-24-20-19(25-16)26-17(29)10-31-20;2-1-3/h7-8,13-14H,3-6,9-10H2,1-2H3,(H,25,26,29);1H,(H,2,3)/t13?,14-;/m0./s1. The van der Waals surface area contributed by atoms with Gasteiger partial charge in [-0.2, -0.15) is 0 Å². The zero-order chi connectivity index (χ0) is 25.1. The van der Waals surface area contributed by atoms with E-state index >= 15 is 0 Å². The molecule has 0 radical (unpaired) electrons. The van der Waals surface area contributed by atoms with Crippen LogP contribution >= 0.6 is 0 Å². The number of aryl methyl sites for hydroxylation is 1. The zero-order valence-electron chi connectivity index (χ0n) is 19.2. The van der Waals surface area contributed by atoms with E-state index in [2.05, 4.69) is 25.2 Å². The molecule has 3 aliphatic rings. The Morgan fingerprint density at radius 2 is 2.09 bits per heavy atom. The van der Waals surface area contributed by atoms with Crippen LogP contribution in [-0.4, -0.2) is 82.3 Å². The molecular weight excluding hydrogens is 463 g/mol. The van der Waals surface area contributed by atoms with Crippen molar-refractivity contribution in [1.82, 2.24) is 19.9 Å². The fraction of sp³-hybridized carbons (Fsp3) is 0.455. The first-order chi connectivity index (χ1) is 16.8. The number of nitrogens with one attached hydrogen (secondary N) is 1. The lowest BCUT2D eigenvalue weighted by atomic mass is 10.1. The minimum Gasteiger partial charge on any atom is -0.483 e. The van der Waals surface area contributed by atoms with Crippen LogP contribution in [0.3, 0.4) is 0 Å². The normalized spacial score (nSPS) is 20.3. The van der Waals surface area contributed by atoms with Crippen LogP contribution in [0.4, 0.5) is 20.8 Å². The Hall–Kier alpha value is -3.87. The van der Waals surface area contributed by atoms with Gasteiger partial charge in [0.2, 0.25) is 0 Å². The number of carbonyl (C=O) groups excluding carboxylic acids is 2. The molecule has 35 heavy (non-hydrogen) atoms. The smallest absolute Gasteiger partial charge is 0.415 e. The molecular formula is C22H25FN6O6. The first kappa shape index (κ1) is 24.3. The van der Waals surface area contributed by atoms with Gasteiger partial charge in [0.15, 0.2) is 18.2 Å². The van der Waals surface area contributed by atoms with Gasteiger partial charge in [0.25, 0.3) is 18.3 Å². The van der Waals surface area contributed by atoms with E-state index in [-0.39, 0.29) is 48.6 Å². The number of hydrogen-bond donors (Lipinski definition) is 2. The first-order valence-electron chi connectivity index (χ1n) is 11.0. The molecule has 2 aromatic heterocycles. The van der Waals surface area contributed by atoms with Gasteiger partial charge in [-0.15, -0.1) is 0 Å². The first-order valence-corrected chi connectivity index (χ1v) is 11.0. The molecule has 2 aliphatic heterocycles. The third-order valence-electron chi connectivity index (χ3n) is 6.18. The number of hydrogen-bond acceptors (Lipinski definition) is 9. The molecule has 1 fully saturated rings. The van der Waals surface area contributed by atoms with Gasteiger partial charge in [0.05, 0.1) is 18.4 Å². The Balaban J connectivity index is 0.000000917. The molecule has 0 saturated carbocycles. The van der Waals surface area contributed by atoms with Crippen LogP contribution in [0.1, 0.15) is 23.2 Å². The summed E-state index contributed by atoms with van der Waals surface area (Å²) in [4.78, 5) is 48.4. The molecule has 5 rings (SSSR count). The highest BCUT2D eigenvalue weighted by molar-refractivity contribution is 5.94. The van der Waals surface area contributed by atoms with Crippen LogP contribution in [0.2, 0.25) is 0 Å². The molecule has 13 heteroatoms. The Morgan fingerprint density at radius 1 is 1.31 bits per heavy atom. The summed E-state index contributed by atoms with van der Waals surface area (Å²) in [5.41, 5.74) is 2.15. The van der Waals surface area contributed by atoms with E-state index in [0.717, 1.165) is 17.5 Å². The second kappa shape index (κ2) is 10.2. The average Bonchev–Trinajstić information content (AvgIpc) is 3.44. The van der Waals surface area contributed by atoms with Gasteiger partial charge in [-0.3, -0.25) is 19.5 Å². The van der Waals surface area contributed by atoms with Gasteiger partial charge < -0.3 is 24.8 Å². The molecule has 0 spiro atoms. The summed E-state index contributed by atoms with van der Waals surface area (Å²) in [7, 11) is 2.00. The van der Waals surface area contributed by atoms with Gasteiger partial charge in [-0.05, 0) is 44.4 Å². The number of nitrogens with zero attached hydrogens (tertiary/aromatic N) is 5. The summed E-state index contributed by atoms with van der Waals surface area (Å²) in [6, 6.07) is 0.187. The second-order valence-electron chi connectivity index (χ2n) is 8.43. The van der Waals surface area contributed by atoms with Gasteiger partial charge in [-0.1, -0.05) is 0 Å². The fourth-order valence-electron chi connectivity index (χ4n) is 4.32. The summed E-state index contributed by atoms with van der Waals surface area (Å²) >= 11 is 0. The number of fused-ring (bicyclic) bond motifs is 2. The molecule has 2 N–H and O–H groups in total. The number of cyclic esters (lactones) is 1. The monoisotopic (exact) mass is 488 g/mol. The maximum atomic E-state index is 14.4. The SMILES string of the molecule is Cc1ncc2c(c1F)CC(N(C)CC[C@H]1CN(c3cnc4c(n3)NC(=O)CO4)C(=O)O1)C2.O=CO. The maximum Gasteiger partial charge on any atom is 0.415 e. The summed E-state index contributed by atoms with van der Waals surface area (Å²) in [5.74, 6) is 0.172. The number of amides is 2. The molecule has 2 amide bonds.